The van der Waals surface area contributed by atoms with Gasteiger partial charge in [0.1, 0.15) is 0 Å². The zero-order chi connectivity index (χ0) is 14.1. The second-order valence-corrected chi connectivity index (χ2v) is 6.05. The molecule has 20 heavy (non-hydrogen) atoms. The monoisotopic (exact) mass is 302 g/mol. The standard InChI is InChI=1S/C15H11ClN2OS/c1-9-17-13-8-12(6-7-14(13)20-9)18-15(19)10-2-4-11(16)5-3-10/h2-8H,1H3,(H,18,19). The van der Waals surface area contributed by atoms with E-state index >= 15 is 0 Å². The third-order valence-corrected chi connectivity index (χ3v) is 4.06. The van der Waals surface area contributed by atoms with Gasteiger partial charge in [-0.1, -0.05) is 11.6 Å². The summed E-state index contributed by atoms with van der Waals surface area (Å²) in [5, 5.41) is 4.49. The van der Waals surface area contributed by atoms with Gasteiger partial charge in [0, 0.05) is 16.3 Å². The second-order valence-electron chi connectivity index (χ2n) is 4.38. The number of carbonyl (C=O) groups is 1. The van der Waals surface area contributed by atoms with Crippen molar-refractivity contribution in [2.24, 2.45) is 0 Å². The number of thiazole rings is 1. The molecule has 0 aliphatic heterocycles. The van der Waals surface area contributed by atoms with E-state index in [1.54, 1.807) is 35.6 Å². The third-order valence-electron chi connectivity index (χ3n) is 2.86. The van der Waals surface area contributed by atoms with Crippen molar-refractivity contribution >= 4 is 44.7 Å². The van der Waals surface area contributed by atoms with Gasteiger partial charge in [-0.2, -0.15) is 0 Å². The number of benzene rings is 2. The van der Waals surface area contributed by atoms with Gasteiger partial charge in [0.05, 0.1) is 15.2 Å². The molecule has 0 spiro atoms. The van der Waals surface area contributed by atoms with E-state index in [4.69, 9.17) is 11.6 Å². The lowest BCUT2D eigenvalue weighted by molar-refractivity contribution is 0.102. The number of amides is 1. The fourth-order valence-electron chi connectivity index (χ4n) is 1.92. The van der Waals surface area contributed by atoms with Crippen molar-refractivity contribution < 1.29 is 4.79 Å². The molecule has 0 aliphatic rings. The summed E-state index contributed by atoms with van der Waals surface area (Å²) in [4.78, 5) is 16.5. The maximum atomic E-state index is 12.1. The van der Waals surface area contributed by atoms with E-state index in [1.165, 1.54) is 0 Å². The van der Waals surface area contributed by atoms with E-state index < -0.39 is 0 Å². The Hall–Kier alpha value is -1.91. The minimum atomic E-state index is -0.159. The summed E-state index contributed by atoms with van der Waals surface area (Å²) in [6, 6.07) is 12.5. The summed E-state index contributed by atoms with van der Waals surface area (Å²) in [5.41, 5.74) is 2.22. The Balaban J connectivity index is 1.84. The Labute approximate surface area is 125 Å². The number of aromatic nitrogens is 1. The first-order valence-electron chi connectivity index (χ1n) is 6.06. The Morgan fingerprint density at radius 3 is 2.70 bits per heavy atom. The topological polar surface area (TPSA) is 42.0 Å². The van der Waals surface area contributed by atoms with Crippen LogP contribution < -0.4 is 5.32 Å². The quantitative estimate of drug-likeness (QED) is 0.756. The van der Waals surface area contributed by atoms with Crippen LogP contribution in [0.25, 0.3) is 10.2 Å². The van der Waals surface area contributed by atoms with Gasteiger partial charge >= 0.3 is 0 Å². The van der Waals surface area contributed by atoms with E-state index in [0.717, 1.165) is 20.9 Å². The molecule has 0 bridgehead atoms. The van der Waals surface area contributed by atoms with Crippen LogP contribution in [0.4, 0.5) is 5.69 Å². The first-order valence-corrected chi connectivity index (χ1v) is 7.25. The van der Waals surface area contributed by atoms with Crippen LogP contribution in [0.2, 0.25) is 5.02 Å². The first-order chi connectivity index (χ1) is 9.61. The van der Waals surface area contributed by atoms with Crippen molar-refractivity contribution in [3.8, 4) is 0 Å². The van der Waals surface area contributed by atoms with Crippen molar-refractivity contribution in [1.29, 1.82) is 0 Å². The van der Waals surface area contributed by atoms with Gasteiger partial charge in [0.2, 0.25) is 0 Å². The minimum Gasteiger partial charge on any atom is -0.322 e. The van der Waals surface area contributed by atoms with Crippen LogP contribution >= 0.6 is 22.9 Å². The summed E-state index contributed by atoms with van der Waals surface area (Å²) in [6.45, 7) is 1.97. The van der Waals surface area contributed by atoms with E-state index in [0.29, 0.717) is 10.6 Å². The zero-order valence-electron chi connectivity index (χ0n) is 10.7. The van der Waals surface area contributed by atoms with E-state index in [9.17, 15) is 4.79 Å². The lowest BCUT2D eigenvalue weighted by Gasteiger charge is -2.05. The lowest BCUT2D eigenvalue weighted by Crippen LogP contribution is -2.11. The van der Waals surface area contributed by atoms with Crippen LogP contribution in [0.5, 0.6) is 0 Å². The Morgan fingerprint density at radius 1 is 1.20 bits per heavy atom. The molecular weight excluding hydrogens is 292 g/mol. The minimum absolute atomic E-state index is 0.159. The van der Waals surface area contributed by atoms with Crippen molar-refractivity contribution in [3.05, 3.63) is 58.1 Å². The molecule has 0 saturated heterocycles. The van der Waals surface area contributed by atoms with E-state index in [1.807, 2.05) is 25.1 Å². The van der Waals surface area contributed by atoms with Gasteiger partial charge in [0.15, 0.2) is 0 Å². The van der Waals surface area contributed by atoms with Gasteiger partial charge in [0.25, 0.3) is 5.91 Å². The summed E-state index contributed by atoms with van der Waals surface area (Å²) in [7, 11) is 0. The van der Waals surface area contributed by atoms with Crippen molar-refractivity contribution in [2.75, 3.05) is 5.32 Å². The molecule has 100 valence electrons. The fraction of sp³-hybridized carbons (Fsp3) is 0.0667. The molecule has 2 aromatic carbocycles. The van der Waals surface area contributed by atoms with Crippen LogP contribution in [0, 0.1) is 6.92 Å². The van der Waals surface area contributed by atoms with Gasteiger partial charge in [-0.05, 0) is 49.4 Å². The average Bonchev–Trinajstić information content (AvgIpc) is 2.78. The highest BCUT2D eigenvalue weighted by atomic mass is 35.5. The number of aryl methyl sites for hydroxylation is 1. The van der Waals surface area contributed by atoms with Crippen LogP contribution in [0.1, 0.15) is 15.4 Å². The highest BCUT2D eigenvalue weighted by Crippen LogP contribution is 2.24. The second kappa shape index (κ2) is 5.23. The number of hydrogen-bond acceptors (Lipinski definition) is 3. The molecule has 3 nitrogen and oxygen atoms in total. The van der Waals surface area contributed by atoms with Crippen LogP contribution in [-0.4, -0.2) is 10.9 Å². The van der Waals surface area contributed by atoms with Gasteiger partial charge in [-0.15, -0.1) is 11.3 Å². The van der Waals surface area contributed by atoms with Gasteiger partial charge in [-0.25, -0.2) is 4.98 Å². The number of carbonyl (C=O) groups excluding carboxylic acids is 1. The van der Waals surface area contributed by atoms with Crippen LogP contribution in [-0.2, 0) is 0 Å². The largest absolute Gasteiger partial charge is 0.322 e. The molecule has 0 saturated carbocycles. The smallest absolute Gasteiger partial charge is 0.255 e. The van der Waals surface area contributed by atoms with Gasteiger partial charge in [-0.3, -0.25) is 4.79 Å². The molecule has 1 N–H and O–H groups in total. The van der Waals surface area contributed by atoms with Gasteiger partial charge < -0.3 is 5.32 Å². The summed E-state index contributed by atoms with van der Waals surface area (Å²) in [6.07, 6.45) is 0. The lowest BCUT2D eigenvalue weighted by atomic mass is 10.2. The molecule has 5 heteroatoms. The summed E-state index contributed by atoms with van der Waals surface area (Å²) >= 11 is 7.44. The molecule has 3 aromatic rings. The van der Waals surface area contributed by atoms with Crippen LogP contribution in [0.3, 0.4) is 0 Å². The molecule has 1 amide bonds. The maximum Gasteiger partial charge on any atom is 0.255 e. The summed E-state index contributed by atoms with van der Waals surface area (Å²) < 4.78 is 1.12. The molecular formula is C15H11ClN2OS. The predicted octanol–water partition coefficient (Wildman–Crippen LogP) is 4.51. The van der Waals surface area contributed by atoms with Crippen molar-refractivity contribution in [1.82, 2.24) is 4.98 Å². The first kappa shape index (κ1) is 13.1. The molecule has 1 aromatic heterocycles. The Bertz CT molecular complexity index is 780. The number of nitrogens with zero attached hydrogens (tertiary/aromatic N) is 1. The Kier molecular flexibility index (Phi) is 3.42. The summed E-state index contributed by atoms with van der Waals surface area (Å²) in [5.74, 6) is -0.159. The molecule has 0 fully saturated rings. The number of hydrogen-bond donors (Lipinski definition) is 1. The molecule has 0 atom stereocenters. The third kappa shape index (κ3) is 2.66. The molecule has 0 radical (unpaired) electrons. The van der Waals surface area contributed by atoms with E-state index in [2.05, 4.69) is 10.3 Å². The van der Waals surface area contributed by atoms with Crippen molar-refractivity contribution in [2.45, 2.75) is 6.92 Å². The number of anilines is 1. The zero-order valence-corrected chi connectivity index (χ0v) is 12.3. The molecule has 1 heterocycles. The van der Waals surface area contributed by atoms with Crippen molar-refractivity contribution in [3.63, 3.8) is 0 Å². The van der Waals surface area contributed by atoms with Crippen LogP contribution in [0.15, 0.2) is 42.5 Å². The molecule has 0 unspecified atom stereocenters. The maximum absolute atomic E-state index is 12.1. The number of halogens is 1. The number of rotatable bonds is 2. The molecule has 3 rings (SSSR count). The van der Waals surface area contributed by atoms with E-state index in [-0.39, 0.29) is 5.91 Å². The fourth-order valence-corrected chi connectivity index (χ4v) is 2.86. The average molecular weight is 303 g/mol. The highest BCUT2D eigenvalue weighted by molar-refractivity contribution is 7.18. The number of nitrogens with one attached hydrogen (secondary N) is 1. The predicted molar refractivity (Wildman–Crippen MR) is 83.8 cm³/mol. The number of fused-ring (bicyclic) bond motifs is 1. The SMILES string of the molecule is Cc1nc2cc(NC(=O)c3ccc(Cl)cc3)ccc2s1. The normalized spacial score (nSPS) is 10.7. The Morgan fingerprint density at radius 2 is 1.95 bits per heavy atom. The molecule has 0 aliphatic carbocycles. The highest BCUT2D eigenvalue weighted by Gasteiger charge is 2.07.